The second-order valence-corrected chi connectivity index (χ2v) is 7.80. The molecule has 30 heavy (non-hydrogen) atoms. The van der Waals surface area contributed by atoms with Crippen molar-refractivity contribution < 1.29 is 23.8 Å². The van der Waals surface area contributed by atoms with Gasteiger partial charge in [-0.15, -0.1) is 0 Å². The molecule has 156 valence electrons. The molecule has 2 amide bonds. The lowest BCUT2D eigenvalue weighted by molar-refractivity contribution is -0.137. The lowest BCUT2D eigenvalue weighted by Gasteiger charge is -2.29. The highest BCUT2D eigenvalue weighted by Gasteiger charge is 2.35. The Balaban J connectivity index is 1.31. The Morgan fingerprint density at radius 1 is 1.03 bits per heavy atom. The Morgan fingerprint density at radius 2 is 1.87 bits per heavy atom. The molecule has 0 aromatic heterocycles. The van der Waals surface area contributed by atoms with Crippen molar-refractivity contribution in [3.8, 4) is 17.2 Å². The Morgan fingerprint density at radius 3 is 2.77 bits per heavy atom. The molecule has 2 aromatic rings. The molecule has 0 spiro atoms. The second kappa shape index (κ2) is 7.89. The van der Waals surface area contributed by atoms with Gasteiger partial charge < -0.3 is 24.4 Å². The fourth-order valence-electron chi connectivity index (χ4n) is 4.30. The van der Waals surface area contributed by atoms with Crippen LogP contribution in [0.4, 0.5) is 5.69 Å². The van der Waals surface area contributed by atoms with E-state index >= 15 is 0 Å². The number of nitrogens with one attached hydrogen (secondary N) is 1. The van der Waals surface area contributed by atoms with Gasteiger partial charge in [0.1, 0.15) is 5.75 Å². The molecule has 0 aliphatic carbocycles. The number of hydrogen-bond acceptors (Lipinski definition) is 5. The molecule has 3 heterocycles. The number of hydrogen-bond donors (Lipinski definition) is 1. The first kappa shape index (κ1) is 18.8. The Kier molecular flexibility index (Phi) is 4.94. The van der Waals surface area contributed by atoms with Crippen LogP contribution >= 0.6 is 0 Å². The highest BCUT2D eigenvalue weighted by atomic mass is 16.5. The number of para-hydroxylation sites is 2. The SMILES string of the molecule is O=C1Nc2ccccc2O[C@H]1CC(=O)N1CCC[C@@H]1c1ccc2c(c1)OCCCO2. The molecule has 0 radical (unpaired) electrons. The van der Waals surface area contributed by atoms with E-state index in [2.05, 4.69) is 5.32 Å². The third kappa shape index (κ3) is 3.56. The Labute approximate surface area is 174 Å². The largest absolute Gasteiger partial charge is 0.490 e. The number of carbonyl (C=O) groups is 2. The summed E-state index contributed by atoms with van der Waals surface area (Å²) < 4.78 is 17.3. The normalized spacial score (nSPS) is 22.5. The zero-order chi connectivity index (χ0) is 20.5. The minimum atomic E-state index is -0.822. The van der Waals surface area contributed by atoms with Crippen LogP contribution in [0.5, 0.6) is 17.2 Å². The quantitative estimate of drug-likeness (QED) is 0.843. The molecular formula is C23H24N2O5. The minimum absolute atomic E-state index is 0.0151. The van der Waals surface area contributed by atoms with Crippen molar-refractivity contribution in [3.63, 3.8) is 0 Å². The van der Waals surface area contributed by atoms with Crippen LogP contribution in [0, 0.1) is 0 Å². The van der Waals surface area contributed by atoms with E-state index in [4.69, 9.17) is 14.2 Å². The van der Waals surface area contributed by atoms with Gasteiger partial charge in [0.15, 0.2) is 17.6 Å². The maximum atomic E-state index is 13.1. The number of rotatable bonds is 3. The molecule has 1 saturated heterocycles. The minimum Gasteiger partial charge on any atom is -0.490 e. The summed E-state index contributed by atoms with van der Waals surface area (Å²) in [7, 11) is 0. The number of benzene rings is 2. The fourth-order valence-corrected chi connectivity index (χ4v) is 4.30. The van der Waals surface area contributed by atoms with Crippen molar-refractivity contribution >= 4 is 17.5 Å². The van der Waals surface area contributed by atoms with Gasteiger partial charge in [0.25, 0.3) is 5.91 Å². The van der Waals surface area contributed by atoms with Crippen LogP contribution in [0.15, 0.2) is 42.5 Å². The number of ether oxygens (including phenoxy) is 3. The van der Waals surface area contributed by atoms with Crippen molar-refractivity contribution in [1.82, 2.24) is 4.90 Å². The van der Waals surface area contributed by atoms with Crippen LogP contribution in [0.1, 0.15) is 37.3 Å². The van der Waals surface area contributed by atoms with Crippen molar-refractivity contribution in [1.29, 1.82) is 0 Å². The summed E-state index contributed by atoms with van der Waals surface area (Å²) in [6.07, 6.45) is 1.85. The average molecular weight is 408 g/mol. The van der Waals surface area contributed by atoms with Crippen LogP contribution < -0.4 is 19.5 Å². The van der Waals surface area contributed by atoms with Crippen LogP contribution in [0.2, 0.25) is 0 Å². The molecule has 3 aliphatic heterocycles. The van der Waals surface area contributed by atoms with Crippen LogP contribution in [0.25, 0.3) is 0 Å². The number of amides is 2. The molecular weight excluding hydrogens is 384 g/mol. The van der Waals surface area contributed by atoms with E-state index in [-0.39, 0.29) is 24.3 Å². The zero-order valence-electron chi connectivity index (χ0n) is 16.6. The predicted octanol–water partition coefficient (Wildman–Crippen LogP) is 3.30. The molecule has 3 aliphatic rings. The maximum Gasteiger partial charge on any atom is 0.266 e. The van der Waals surface area contributed by atoms with Gasteiger partial charge in [-0.25, -0.2) is 0 Å². The first-order valence-electron chi connectivity index (χ1n) is 10.4. The topological polar surface area (TPSA) is 77.1 Å². The Bertz CT molecular complexity index is 976. The smallest absolute Gasteiger partial charge is 0.266 e. The maximum absolute atomic E-state index is 13.1. The summed E-state index contributed by atoms with van der Waals surface area (Å²) in [4.78, 5) is 27.4. The summed E-state index contributed by atoms with van der Waals surface area (Å²) in [5, 5.41) is 2.82. The summed E-state index contributed by atoms with van der Waals surface area (Å²) in [6.45, 7) is 1.94. The van der Waals surface area contributed by atoms with Crippen molar-refractivity contribution in [2.75, 3.05) is 25.1 Å². The first-order valence-corrected chi connectivity index (χ1v) is 10.4. The fraction of sp³-hybridized carbons (Fsp3) is 0.391. The van der Waals surface area contributed by atoms with Crippen molar-refractivity contribution in [2.24, 2.45) is 0 Å². The third-order valence-electron chi connectivity index (χ3n) is 5.80. The number of fused-ring (bicyclic) bond motifs is 2. The molecule has 7 heteroatoms. The molecule has 2 aromatic carbocycles. The lowest BCUT2D eigenvalue weighted by Crippen LogP contribution is -2.42. The molecule has 2 atom stereocenters. The molecule has 1 N–H and O–H groups in total. The third-order valence-corrected chi connectivity index (χ3v) is 5.80. The van der Waals surface area contributed by atoms with E-state index in [1.807, 2.05) is 35.2 Å². The van der Waals surface area contributed by atoms with Gasteiger partial charge >= 0.3 is 0 Å². The average Bonchev–Trinajstić information content (AvgIpc) is 3.13. The highest BCUT2D eigenvalue weighted by molar-refractivity contribution is 6.00. The molecule has 0 unspecified atom stereocenters. The van der Waals surface area contributed by atoms with Gasteiger partial charge in [0, 0.05) is 13.0 Å². The van der Waals surface area contributed by atoms with Crippen LogP contribution in [0.3, 0.4) is 0 Å². The van der Waals surface area contributed by atoms with Gasteiger partial charge in [-0.2, -0.15) is 0 Å². The van der Waals surface area contributed by atoms with Gasteiger partial charge in [-0.1, -0.05) is 18.2 Å². The second-order valence-electron chi connectivity index (χ2n) is 7.80. The van der Waals surface area contributed by atoms with Crippen molar-refractivity contribution in [3.05, 3.63) is 48.0 Å². The van der Waals surface area contributed by atoms with E-state index in [1.54, 1.807) is 12.1 Å². The lowest BCUT2D eigenvalue weighted by atomic mass is 10.0. The van der Waals surface area contributed by atoms with Gasteiger partial charge in [0.05, 0.1) is 31.4 Å². The summed E-state index contributed by atoms with van der Waals surface area (Å²) >= 11 is 0. The first-order chi connectivity index (χ1) is 14.7. The molecule has 1 fully saturated rings. The summed E-state index contributed by atoms with van der Waals surface area (Å²) in [5.74, 6) is 1.71. The highest BCUT2D eigenvalue weighted by Crippen LogP contribution is 2.38. The van der Waals surface area contributed by atoms with Gasteiger partial charge in [0.2, 0.25) is 5.91 Å². The van der Waals surface area contributed by atoms with E-state index in [0.717, 1.165) is 36.3 Å². The number of nitrogens with zero attached hydrogens (tertiary/aromatic N) is 1. The predicted molar refractivity (Wildman–Crippen MR) is 110 cm³/mol. The molecule has 0 bridgehead atoms. The number of carbonyl (C=O) groups excluding carboxylic acids is 2. The van der Waals surface area contributed by atoms with Gasteiger partial charge in [-0.05, 0) is 42.7 Å². The Hall–Kier alpha value is -3.22. The number of anilines is 1. The van der Waals surface area contributed by atoms with Gasteiger partial charge in [-0.3, -0.25) is 9.59 Å². The van der Waals surface area contributed by atoms with E-state index in [0.29, 0.717) is 31.2 Å². The van der Waals surface area contributed by atoms with E-state index in [1.165, 1.54) is 0 Å². The molecule has 7 nitrogen and oxygen atoms in total. The summed E-state index contributed by atoms with van der Waals surface area (Å²) in [5.41, 5.74) is 1.67. The molecule has 0 saturated carbocycles. The number of likely N-dealkylation sites (tertiary alicyclic amines) is 1. The molecule has 5 rings (SSSR count). The monoisotopic (exact) mass is 408 g/mol. The van der Waals surface area contributed by atoms with E-state index < -0.39 is 6.10 Å². The standard InChI is InChI=1S/C23H24N2O5/c26-22(14-21-23(27)24-16-5-1-2-7-18(16)30-21)25-10-3-6-17(25)15-8-9-19-20(13-15)29-12-4-11-28-19/h1-2,5,7-9,13,17,21H,3-4,6,10-12,14H2,(H,24,27)/t17-,21+/m1/s1. The van der Waals surface area contributed by atoms with Crippen molar-refractivity contribution in [2.45, 2.75) is 37.8 Å². The summed E-state index contributed by atoms with van der Waals surface area (Å²) in [6, 6.07) is 13.1. The van der Waals surface area contributed by atoms with E-state index in [9.17, 15) is 9.59 Å². The van der Waals surface area contributed by atoms with Crippen LogP contribution in [-0.2, 0) is 9.59 Å². The van der Waals surface area contributed by atoms with Crippen LogP contribution in [-0.4, -0.2) is 42.6 Å². The zero-order valence-corrected chi connectivity index (χ0v) is 16.6.